The topological polar surface area (TPSA) is 63.6 Å². The van der Waals surface area contributed by atoms with Gasteiger partial charge in [-0.2, -0.15) is 8.42 Å². The molecular weight excluding hydrogens is 472 g/mol. The van der Waals surface area contributed by atoms with Crippen LogP contribution in [-0.2, 0) is 14.3 Å². The molecule has 3 aromatic rings. The molecule has 4 nitrogen and oxygen atoms in total. The lowest BCUT2D eigenvalue weighted by Gasteiger charge is -2.40. The Hall–Kier alpha value is -2.51. The van der Waals surface area contributed by atoms with Crippen LogP contribution in [0.15, 0.2) is 101 Å². The van der Waals surface area contributed by atoms with Gasteiger partial charge in [0.2, 0.25) is 0 Å². The number of rotatable bonds is 7. The van der Waals surface area contributed by atoms with Gasteiger partial charge in [0.05, 0.1) is 11.0 Å². The van der Waals surface area contributed by atoms with Crippen molar-refractivity contribution < 1.29 is 17.4 Å². The minimum Gasteiger partial charge on any atom is -0.423 e. The van der Waals surface area contributed by atoms with E-state index >= 15 is 0 Å². The average molecular weight is 507 g/mol. The van der Waals surface area contributed by atoms with E-state index in [1.165, 1.54) is 0 Å². The molecule has 0 heterocycles. The molecule has 1 N–H and O–H groups in total. The number of hydrogen-bond acceptors (Lipinski definition) is 4. The SMILES string of the molecule is Cc1ccc(S(=O)(=O)O[C@@H]2CCCC/C2=C\C(C)(C)[Si](O)(c2ccccc2)c2ccccc2)cc1. The Balaban J connectivity index is 1.73. The number of aryl methyl sites for hydroxylation is 1. The maximum absolute atomic E-state index is 13.1. The molecule has 0 saturated heterocycles. The Morgan fingerprint density at radius 1 is 0.886 bits per heavy atom. The second kappa shape index (κ2) is 10.2. The highest BCUT2D eigenvalue weighted by molar-refractivity contribution is 7.86. The van der Waals surface area contributed by atoms with E-state index in [1.807, 2.05) is 67.6 Å². The first-order chi connectivity index (χ1) is 16.6. The van der Waals surface area contributed by atoms with Crippen LogP contribution in [0.4, 0.5) is 0 Å². The fourth-order valence-electron chi connectivity index (χ4n) is 5.03. The molecule has 1 aliphatic carbocycles. The molecular formula is C29H34O4SSi. The predicted molar refractivity (Wildman–Crippen MR) is 144 cm³/mol. The van der Waals surface area contributed by atoms with Gasteiger partial charge in [-0.1, -0.05) is 105 Å². The molecule has 0 amide bonds. The maximum Gasteiger partial charge on any atom is 0.297 e. The third-order valence-electron chi connectivity index (χ3n) is 7.01. The zero-order valence-electron chi connectivity index (χ0n) is 20.6. The highest BCUT2D eigenvalue weighted by Gasteiger charge is 2.49. The summed E-state index contributed by atoms with van der Waals surface area (Å²) >= 11 is 0. The average Bonchev–Trinajstić information content (AvgIpc) is 2.85. The first-order valence-electron chi connectivity index (χ1n) is 12.2. The smallest absolute Gasteiger partial charge is 0.297 e. The summed E-state index contributed by atoms with van der Waals surface area (Å²) in [6.07, 6.45) is 4.86. The largest absolute Gasteiger partial charge is 0.423 e. The molecule has 0 spiro atoms. The molecule has 0 radical (unpaired) electrons. The fourth-order valence-corrected chi connectivity index (χ4v) is 9.70. The molecule has 6 heteroatoms. The summed E-state index contributed by atoms with van der Waals surface area (Å²) in [7, 11) is -7.15. The Labute approximate surface area is 210 Å². The summed E-state index contributed by atoms with van der Waals surface area (Å²) in [4.78, 5) is 12.6. The summed E-state index contributed by atoms with van der Waals surface area (Å²) in [5, 5.41) is 1.24. The molecule has 1 fully saturated rings. The zero-order chi connectivity index (χ0) is 25.1. The van der Waals surface area contributed by atoms with Gasteiger partial charge in [0.1, 0.15) is 0 Å². The van der Waals surface area contributed by atoms with Crippen molar-refractivity contribution in [2.24, 2.45) is 0 Å². The van der Waals surface area contributed by atoms with E-state index in [0.717, 1.165) is 40.8 Å². The van der Waals surface area contributed by atoms with Crippen molar-refractivity contribution in [2.75, 3.05) is 0 Å². The van der Waals surface area contributed by atoms with E-state index < -0.39 is 29.6 Å². The Kier molecular flexibility index (Phi) is 7.48. The standard InChI is InChI=1S/C29H34O4SSi/c1-23-18-20-25(21-19-23)34(30,31)33-28-17-11-10-12-24(28)22-29(2,3)35(32,26-13-6-4-7-14-26)27-15-8-5-9-16-27/h4-9,13-16,18-22,28,32H,10-12,17H2,1-3H3/b24-22+/t28-/m1/s1. The molecule has 0 aliphatic heterocycles. The fraction of sp³-hybridized carbons (Fsp3) is 0.310. The van der Waals surface area contributed by atoms with Gasteiger partial charge >= 0.3 is 0 Å². The minimum absolute atomic E-state index is 0.173. The molecule has 35 heavy (non-hydrogen) atoms. The van der Waals surface area contributed by atoms with Crippen LogP contribution in [0.1, 0.15) is 45.1 Å². The summed E-state index contributed by atoms with van der Waals surface area (Å²) in [6.45, 7) is 6.05. The first kappa shape index (κ1) is 25.6. The molecule has 1 aliphatic rings. The summed E-state index contributed by atoms with van der Waals surface area (Å²) in [5.41, 5.74) is 1.95. The van der Waals surface area contributed by atoms with Crippen LogP contribution in [0, 0.1) is 6.92 Å². The van der Waals surface area contributed by atoms with Gasteiger partial charge in [-0.3, -0.25) is 4.18 Å². The second-order valence-electron chi connectivity index (χ2n) is 9.98. The highest BCUT2D eigenvalue weighted by atomic mass is 32.2. The van der Waals surface area contributed by atoms with Gasteiger partial charge in [0.25, 0.3) is 18.4 Å². The lowest BCUT2D eigenvalue weighted by molar-refractivity contribution is 0.209. The molecule has 1 saturated carbocycles. The molecule has 0 unspecified atom stereocenters. The third-order valence-corrected chi connectivity index (χ3v) is 12.7. The molecule has 3 aromatic carbocycles. The van der Waals surface area contributed by atoms with Crippen molar-refractivity contribution in [3.05, 3.63) is 102 Å². The summed E-state index contributed by atoms with van der Waals surface area (Å²) in [6, 6.07) is 26.5. The van der Waals surface area contributed by atoms with Crippen LogP contribution in [0.5, 0.6) is 0 Å². The number of benzene rings is 3. The van der Waals surface area contributed by atoms with Gasteiger partial charge in [-0.05, 0) is 54.3 Å². The van der Waals surface area contributed by atoms with Crippen molar-refractivity contribution >= 4 is 28.8 Å². The van der Waals surface area contributed by atoms with Gasteiger partial charge in [0.15, 0.2) is 0 Å². The van der Waals surface area contributed by atoms with E-state index in [2.05, 4.69) is 19.9 Å². The van der Waals surface area contributed by atoms with Crippen molar-refractivity contribution in [3.63, 3.8) is 0 Å². The quantitative estimate of drug-likeness (QED) is 0.275. The summed E-state index contributed by atoms with van der Waals surface area (Å²) < 4.78 is 32.0. The van der Waals surface area contributed by atoms with E-state index in [4.69, 9.17) is 4.18 Å². The van der Waals surface area contributed by atoms with Crippen molar-refractivity contribution in [1.82, 2.24) is 0 Å². The first-order valence-corrected chi connectivity index (χ1v) is 15.5. The molecule has 1 atom stereocenters. The number of allylic oxidation sites excluding steroid dienone is 1. The lowest BCUT2D eigenvalue weighted by Crippen LogP contribution is -2.65. The van der Waals surface area contributed by atoms with Gasteiger partial charge in [0, 0.05) is 5.04 Å². The highest BCUT2D eigenvalue weighted by Crippen LogP contribution is 2.41. The lowest BCUT2D eigenvalue weighted by atomic mass is 9.90. The maximum atomic E-state index is 13.1. The Morgan fingerprint density at radius 2 is 1.43 bits per heavy atom. The third kappa shape index (κ3) is 5.36. The minimum atomic E-state index is -3.90. The van der Waals surface area contributed by atoms with E-state index in [1.54, 1.807) is 24.3 Å². The van der Waals surface area contributed by atoms with Crippen LogP contribution in [-0.4, -0.2) is 27.6 Å². The molecule has 184 valence electrons. The van der Waals surface area contributed by atoms with Crippen LogP contribution >= 0.6 is 0 Å². The van der Waals surface area contributed by atoms with Crippen molar-refractivity contribution in [2.45, 2.75) is 62.5 Å². The van der Waals surface area contributed by atoms with Crippen LogP contribution < -0.4 is 10.4 Å². The predicted octanol–water partition coefficient (Wildman–Crippen LogP) is 5.10. The molecule has 4 rings (SSSR count). The van der Waals surface area contributed by atoms with Gasteiger partial charge in [-0.15, -0.1) is 0 Å². The van der Waals surface area contributed by atoms with Gasteiger partial charge < -0.3 is 4.80 Å². The van der Waals surface area contributed by atoms with Crippen LogP contribution in [0.25, 0.3) is 0 Å². The van der Waals surface area contributed by atoms with E-state index in [0.29, 0.717) is 6.42 Å². The summed E-state index contributed by atoms with van der Waals surface area (Å²) in [5.74, 6) is 0. The molecule has 0 aromatic heterocycles. The van der Waals surface area contributed by atoms with E-state index in [9.17, 15) is 13.2 Å². The van der Waals surface area contributed by atoms with E-state index in [-0.39, 0.29) is 4.90 Å². The zero-order valence-corrected chi connectivity index (χ0v) is 22.5. The Morgan fingerprint density at radius 3 is 1.97 bits per heavy atom. The monoisotopic (exact) mass is 506 g/mol. The van der Waals surface area contributed by atoms with Crippen LogP contribution in [0.2, 0.25) is 5.04 Å². The normalized spacial score (nSPS) is 18.5. The van der Waals surface area contributed by atoms with Crippen LogP contribution in [0.3, 0.4) is 0 Å². The second-order valence-corrected chi connectivity index (χ2v) is 15.4. The molecule has 0 bridgehead atoms. The van der Waals surface area contributed by atoms with Crippen molar-refractivity contribution in [1.29, 1.82) is 0 Å². The number of hydrogen-bond donors (Lipinski definition) is 1. The van der Waals surface area contributed by atoms with Gasteiger partial charge in [-0.25, -0.2) is 0 Å². The van der Waals surface area contributed by atoms with Crippen molar-refractivity contribution in [3.8, 4) is 0 Å². The Bertz CT molecular complexity index is 1230.